The molecule has 2 aromatic rings. The SMILES string of the molecule is CCOC(=O)[C@@]1(C#N)[C@H](S(=O)(=O)c2ccccc2)[C@@H]1c1ccc(Cl)cc1. The van der Waals surface area contributed by atoms with E-state index in [9.17, 15) is 18.5 Å². The molecule has 0 unspecified atom stereocenters. The standard InChI is InChI=1S/C19H16ClNO4S/c1-2-25-18(22)19(12-21)16(13-8-10-14(20)11-9-13)17(19)26(23,24)15-6-4-3-5-7-15/h3-11,16-17H,2H2,1H3/t16-,17+,19+/m0/s1. The number of hydrogen-bond donors (Lipinski definition) is 0. The van der Waals surface area contributed by atoms with Crippen molar-refractivity contribution in [1.29, 1.82) is 5.26 Å². The van der Waals surface area contributed by atoms with Crippen LogP contribution in [0.25, 0.3) is 0 Å². The van der Waals surface area contributed by atoms with Crippen molar-refractivity contribution >= 4 is 27.4 Å². The Morgan fingerprint density at radius 3 is 2.35 bits per heavy atom. The van der Waals surface area contributed by atoms with Crippen molar-refractivity contribution in [2.24, 2.45) is 5.41 Å². The quantitative estimate of drug-likeness (QED) is 0.732. The Balaban J connectivity index is 2.13. The predicted octanol–water partition coefficient (Wildman–Crippen LogP) is 3.35. The topological polar surface area (TPSA) is 84.2 Å². The molecule has 0 N–H and O–H groups in total. The average molecular weight is 390 g/mol. The molecule has 1 saturated carbocycles. The number of halogens is 1. The van der Waals surface area contributed by atoms with Crippen molar-refractivity contribution in [3.8, 4) is 6.07 Å². The number of rotatable bonds is 5. The van der Waals surface area contributed by atoms with E-state index in [4.69, 9.17) is 16.3 Å². The summed E-state index contributed by atoms with van der Waals surface area (Å²) < 4.78 is 31.3. The highest BCUT2D eigenvalue weighted by molar-refractivity contribution is 7.92. The van der Waals surface area contributed by atoms with E-state index < -0.39 is 32.4 Å². The number of nitriles is 1. The molecule has 0 heterocycles. The molecule has 0 saturated heterocycles. The third kappa shape index (κ3) is 2.77. The lowest BCUT2D eigenvalue weighted by molar-refractivity contribution is -0.147. The second kappa shape index (κ2) is 6.75. The zero-order valence-electron chi connectivity index (χ0n) is 13.9. The van der Waals surface area contributed by atoms with Crippen molar-refractivity contribution in [1.82, 2.24) is 0 Å². The lowest BCUT2D eigenvalue weighted by Crippen LogP contribution is -2.25. The second-order valence-electron chi connectivity index (χ2n) is 6.01. The maximum atomic E-state index is 13.1. The predicted molar refractivity (Wildman–Crippen MR) is 96.3 cm³/mol. The Hall–Kier alpha value is -2.36. The van der Waals surface area contributed by atoms with E-state index in [0.717, 1.165) is 0 Å². The van der Waals surface area contributed by atoms with Crippen molar-refractivity contribution in [3.63, 3.8) is 0 Å². The van der Waals surface area contributed by atoms with Crippen LogP contribution in [0.2, 0.25) is 5.02 Å². The smallest absolute Gasteiger partial charge is 0.328 e. The van der Waals surface area contributed by atoms with E-state index in [2.05, 4.69) is 0 Å². The van der Waals surface area contributed by atoms with Crippen LogP contribution in [0.15, 0.2) is 59.5 Å². The highest BCUT2D eigenvalue weighted by Crippen LogP contribution is 2.64. The summed E-state index contributed by atoms with van der Waals surface area (Å²) >= 11 is 5.90. The third-order valence-electron chi connectivity index (χ3n) is 4.57. The van der Waals surface area contributed by atoms with E-state index in [-0.39, 0.29) is 11.5 Å². The Bertz CT molecular complexity index is 967. The minimum Gasteiger partial charge on any atom is -0.465 e. The molecule has 0 amide bonds. The summed E-state index contributed by atoms with van der Waals surface area (Å²) in [5, 5.41) is 9.06. The molecule has 26 heavy (non-hydrogen) atoms. The number of carbonyl (C=O) groups excluding carboxylic acids is 1. The van der Waals surface area contributed by atoms with Crippen molar-refractivity contribution < 1.29 is 17.9 Å². The molecule has 7 heteroatoms. The van der Waals surface area contributed by atoms with Crippen LogP contribution in [0.1, 0.15) is 18.4 Å². The summed E-state index contributed by atoms with van der Waals surface area (Å²) in [6.45, 7) is 1.68. The maximum absolute atomic E-state index is 13.1. The number of nitrogens with zero attached hydrogens (tertiary/aromatic N) is 1. The van der Waals surface area contributed by atoms with Gasteiger partial charge in [-0.3, -0.25) is 4.79 Å². The molecule has 0 radical (unpaired) electrons. The van der Waals surface area contributed by atoms with Crippen LogP contribution in [0.3, 0.4) is 0 Å². The normalized spacial score (nSPS) is 24.5. The molecule has 5 nitrogen and oxygen atoms in total. The van der Waals surface area contributed by atoms with Crippen molar-refractivity contribution in [3.05, 3.63) is 65.2 Å². The molecule has 0 spiro atoms. The van der Waals surface area contributed by atoms with E-state index >= 15 is 0 Å². The van der Waals surface area contributed by atoms with Crippen LogP contribution in [-0.4, -0.2) is 26.2 Å². The molecule has 0 bridgehead atoms. The van der Waals surface area contributed by atoms with E-state index in [1.165, 1.54) is 12.1 Å². The minimum absolute atomic E-state index is 0.0632. The molecule has 3 rings (SSSR count). The van der Waals surface area contributed by atoms with Gasteiger partial charge >= 0.3 is 5.97 Å². The van der Waals surface area contributed by atoms with Gasteiger partial charge < -0.3 is 4.74 Å². The molecular formula is C19H16ClNO4S. The molecule has 1 fully saturated rings. The Labute approximate surface area is 157 Å². The number of benzene rings is 2. The van der Waals surface area contributed by atoms with Gasteiger partial charge in [0.25, 0.3) is 0 Å². The lowest BCUT2D eigenvalue weighted by Gasteiger charge is -2.09. The van der Waals surface area contributed by atoms with Gasteiger partial charge in [0, 0.05) is 10.9 Å². The molecule has 134 valence electrons. The summed E-state index contributed by atoms with van der Waals surface area (Å²) in [5.41, 5.74) is -1.20. The minimum atomic E-state index is -3.91. The molecule has 1 aliphatic rings. The fourth-order valence-corrected chi connectivity index (χ4v) is 5.71. The first-order chi connectivity index (χ1) is 12.4. The van der Waals surface area contributed by atoms with Gasteiger partial charge in [0.15, 0.2) is 15.3 Å². The highest BCUT2D eigenvalue weighted by Gasteiger charge is 2.77. The van der Waals surface area contributed by atoms with Crippen LogP contribution >= 0.6 is 11.6 Å². The fourth-order valence-electron chi connectivity index (χ4n) is 3.32. The number of ether oxygens (including phenoxy) is 1. The first-order valence-corrected chi connectivity index (χ1v) is 9.95. The number of carbonyl (C=O) groups is 1. The number of hydrogen-bond acceptors (Lipinski definition) is 5. The molecule has 2 aromatic carbocycles. The summed E-state index contributed by atoms with van der Waals surface area (Å²) in [6, 6.07) is 16.2. The first-order valence-electron chi connectivity index (χ1n) is 8.02. The van der Waals surface area contributed by atoms with Crippen molar-refractivity contribution in [2.75, 3.05) is 6.61 Å². The fraction of sp³-hybridized carbons (Fsp3) is 0.263. The lowest BCUT2D eigenvalue weighted by atomic mass is 10.0. The van der Waals surface area contributed by atoms with Crippen molar-refractivity contribution in [2.45, 2.75) is 23.0 Å². The summed E-state index contributed by atoms with van der Waals surface area (Å²) in [6.07, 6.45) is 0. The zero-order chi connectivity index (χ0) is 18.9. The van der Waals surface area contributed by atoms with Crippen LogP contribution in [0.5, 0.6) is 0 Å². The van der Waals surface area contributed by atoms with E-state index in [1.807, 2.05) is 6.07 Å². The van der Waals surface area contributed by atoms with Crippen LogP contribution in [0, 0.1) is 16.7 Å². The van der Waals surface area contributed by atoms with Gasteiger partial charge in [-0.2, -0.15) is 5.26 Å². The van der Waals surface area contributed by atoms with Gasteiger partial charge in [-0.15, -0.1) is 0 Å². The Morgan fingerprint density at radius 2 is 1.81 bits per heavy atom. The van der Waals surface area contributed by atoms with E-state index in [0.29, 0.717) is 10.6 Å². The van der Waals surface area contributed by atoms with E-state index in [1.54, 1.807) is 49.4 Å². The van der Waals surface area contributed by atoms with Gasteiger partial charge in [-0.1, -0.05) is 41.9 Å². The zero-order valence-corrected chi connectivity index (χ0v) is 15.5. The molecule has 3 atom stereocenters. The van der Waals surface area contributed by atoms with Crippen LogP contribution in [-0.2, 0) is 19.4 Å². The average Bonchev–Trinajstić information content (AvgIpc) is 3.35. The van der Waals surface area contributed by atoms with Gasteiger partial charge in [0.05, 0.1) is 17.6 Å². The third-order valence-corrected chi connectivity index (χ3v) is 7.06. The summed E-state index contributed by atoms with van der Waals surface area (Å²) in [7, 11) is -3.91. The van der Waals surface area contributed by atoms with Gasteiger partial charge in [0.2, 0.25) is 0 Å². The Morgan fingerprint density at radius 1 is 1.19 bits per heavy atom. The van der Waals surface area contributed by atoms with Crippen LogP contribution in [0.4, 0.5) is 0 Å². The van der Waals surface area contributed by atoms with Gasteiger partial charge in [0.1, 0.15) is 5.25 Å². The number of esters is 1. The first kappa shape index (κ1) is 18.4. The summed E-state index contributed by atoms with van der Waals surface area (Å²) in [5.74, 6) is -1.62. The Kier molecular flexibility index (Phi) is 4.78. The van der Waals surface area contributed by atoms with Crippen LogP contribution < -0.4 is 0 Å². The second-order valence-corrected chi connectivity index (χ2v) is 8.51. The summed E-state index contributed by atoms with van der Waals surface area (Å²) in [4.78, 5) is 12.6. The molecule has 0 aliphatic heterocycles. The molecular weight excluding hydrogens is 374 g/mol. The number of sulfone groups is 1. The van der Waals surface area contributed by atoms with Gasteiger partial charge in [-0.05, 0) is 36.8 Å². The highest BCUT2D eigenvalue weighted by atomic mass is 35.5. The maximum Gasteiger partial charge on any atom is 0.328 e. The molecule has 1 aliphatic carbocycles. The largest absolute Gasteiger partial charge is 0.465 e. The monoisotopic (exact) mass is 389 g/mol. The van der Waals surface area contributed by atoms with Gasteiger partial charge in [-0.25, -0.2) is 8.42 Å². The molecule has 0 aromatic heterocycles.